The zero-order valence-electron chi connectivity index (χ0n) is 16.1. The lowest BCUT2D eigenvalue weighted by Gasteiger charge is -2.37. The summed E-state index contributed by atoms with van der Waals surface area (Å²) in [5.41, 5.74) is 12.6. The number of aryl methyl sites for hydroxylation is 1. The molecule has 0 aromatic carbocycles. The second kappa shape index (κ2) is 7.25. The van der Waals surface area contributed by atoms with Gasteiger partial charge in [0.15, 0.2) is 0 Å². The number of aromatic nitrogens is 2. The van der Waals surface area contributed by atoms with Crippen LogP contribution in [0.25, 0.3) is 11.1 Å². The molecule has 2 aromatic rings. The Bertz CT molecular complexity index is 916. The maximum absolute atomic E-state index is 10.1. The third kappa shape index (κ3) is 3.17. The topological polar surface area (TPSA) is 75.6 Å². The molecular formula is C23H26N4. The van der Waals surface area contributed by atoms with E-state index in [2.05, 4.69) is 31.0 Å². The van der Waals surface area contributed by atoms with Gasteiger partial charge in [0, 0.05) is 18.9 Å². The van der Waals surface area contributed by atoms with Crippen LogP contribution in [0.4, 0.5) is 0 Å². The van der Waals surface area contributed by atoms with Crippen molar-refractivity contribution in [3.8, 4) is 6.07 Å². The molecule has 2 atom stereocenters. The number of hydrogen-bond donors (Lipinski definition) is 1. The standard InChI is InChI=1S/C23H26N4/c1-14-8-19-15(2)18(17-4-3-5-17)9-20(21(11-25)23(19)27-12-14)22-7-6-16(10-24)13-26-22/h6-8,12-13,15,17-18H,3-5,9-10,24H2,1-2H3. The molecule has 2 unspecified atom stereocenters. The van der Waals surface area contributed by atoms with Crippen molar-refractivity contribution in [2.45, 2.75) is 52.0 Å². The molecule has 2 aromatic heterocycles. The summed E-state index contributed by atoms with van der Waals surface area (Å²) in [5, 5.41) is 10.1. The predicted molar refractivity (Wildman–Crippen MR) is 107 cm³/mol. The lowest BCUT2D eigenvalue weighted by atomic mass is 9.67. The molecule has 0 bridgehead atoms. The Balaban J connectivity index is 1.90. The molecule has 4 nitrogen and oxygen atoms in total. The van der Waals surface area contributed by atoms with E-state index in [-0.39, 0.29) is 0 Å². The fourth-order valence-corrected chi connectivity index (χ4v) is 4.56. The number of nitrogens with two attached hydrogens (primary N) is 1. The van der Waals surface area contributed by atoms with E-state index in [1.807, 2.05) is 24.5 Å². The molecule has 1 fully saturated rings. The minimum Gasteiger partial charge on any atom is -0.326 e. The first-order valence-electron chi connectivity index (χ1n) is 9.88. The molecular weight excluding hydrogens is 332 g/mol. The van der Waals surface area contributed by atoms with E-state index in [4.69, 9.17) is 10.7 Å². The molecule has 1 saturated carbocycles. The molecule has 0 amide bonds. The molecule has 4 heteroatoms. The average molecular weight is 358 g/mol. The van der Waals surface area contributed by atoms with Gasteiger partial charge in [0.1, 0.15) is 6.07 Å². The van der Waals surface area contributed by atoms with Crippen molar-refractivity contribution >= 4 is 11.1 Å². The highest BCUT2D eigenvalue weighted by molar-refractivity contribution is 5.97. The molecule has 0 saturated heterocycles. The number of rotatable bonds is 3. The van der Waals surface area contributed by atoms with Crippen LogP contribution in [0.1, 0.15) is 66.6 Å². The summed E-state index contributed by atoms with van der Waals surface area (Å²) in [5.74, 6) is 1.64. The van der Waals surface area contributed by atoms with Crippen molar-refractivity contribution in [2.24, 2.45) is 17.6 Å². The number of nitrogens with zero attached hydrogens (tertiary/aromatic N) is 3. The molecule has 0 spiro atoms. The summed E-state index contributed by atoms with van der Waals surface area (Å²) in [6, 6.07) is 8.72. The Labute approximate surface area is 161 Å². The smallest absolute Gasteiger partial charge is 0.102 e. The molecule has 0 aliphatic heterocycles. The van der Waals surface area contributed by atoms with Crippen LogP contribution in [-0.4, -0.2) is 9.97 Å². The first kappa shape index (κ1) is 17.9. The summed E-state index contributed by atoms with van der Waals surface area (Å²) in [6.07, 6.45) is 8.48. The Kier molecular flexibility index (Phi) is 4.80. The van der Waals surface area contributed by atoms with Crippen molar-refractivity contribution in [1.29, 1.82) is 5.26 Å². The van der Waals surface area contributed by atoms with Gasteiger partial charge in [-0.25, -0.2) is 0 Å². The molecule has 2 aliphatic carbocycles. The van der Waals surface area contributed by atoms with Crippen molar-refractivity contribution in [3.05, 3.63) is 58.7 Å². The Hall–Kier alpha value is -2.51. The van der Waals surface area contributed by atoms with Gasteiger partial charge in [-0.1, -0.05) is 38.3 Å². The van der Waals surface area contributed by atoms with Gasteiger partial charge in [0.05, 0.1) is 17.0 Å². The predicted octanol–water partition coefficient (Wildman–Crippen LogP) is 4.60. The fourth-order valence-electron chi connectivity index (χ4n) is 4.56. The molecule has 2 N–H and O–H groups in total. The van der Waals surface area contributed by atoms with Gasteiger partial charge in [-0.05, 0) is 59.4 Å². The van der Waals surface area contributed by atoms with Crippen LogP contribution in [0.15, 0.2) is 30.6 Å². The quantitative estimate of drug-likeness (QED) is 0.870. The Morgan fingerprint density at radius 2 is 2.04 bits per heavy atom. The van der Waals surface area contributed by atoms with E-state index in [0.29, 0.717) is 24.0 Å². The molecule has 0 radical (unpaired) electrons. The van der Waals surface area contributed by atoms with Gasteiger partial charge in [0.2, 0.25) is 0 Å². The van der Waals surface area contributed by atoms with Crippen LogP contribution in [0.2, 0.25) is 0 Å². The van der Waals surface area contributed by atoms with Crippen LogP contribution in [0.3, 0.4) is 0 Å². The highest BCUT2D eigenvalue weighted by Gasteiger charge is 2.37. The number of hydrogen-bond acceptors (Lipinski definition) is 4. The second-order valence-corrected chi connectivity index (χ2v) is 8.02. The first-order chi connectivity index (χ1) is 13.1. The van der Waals surface area contributed by atoms with Crippen molar-refractivity contribution in [1.82, 2.24) is 9.97 Å². The van der Waals surface area contributed by atoms with Gasteiger partial charge >= 0.3 is 0 Å². The third-order valence-electron chi connectivity index (χ3n) is 6.40. The highest BCUT2D eigenvalue weighted by Crippen LogP contribution is 2.49. The van der Waals surface area contributed by atoms with Crippen molar-refractivity contribution in [2.75, 3.05) is 0 Å². The molecule has 2 heterocycles. The average Bonchev–Trinajstić information content (AvgIpc) is 2.76. The van der Waals surface area contributed by atoms with Gasteiger partial charge in [-0.2, -0.15) is 5.26 Å². The van der Waals surface area contributed by atoms with E-state index >= 15 is 0 Å². The number of nitriles is 1. The largest absolute Gasteiger partial charge is 0.326 e. The van der Waals surface area contributed by atoms with Crippen LogP contribution in [0, 0.1) is 30.1 Å². The molecule has 2 aliphatic rings. The van der Waals surface area contributed by atoms with Gasteiger partial charge in [-0.15, -0.1) is 0 Å². The van der Waals surface area contributed by atoms with Gasteiger partial charge < -0.3 is 5.73 Å². The number of pyridine rings is 2. The van der Waals surface area contributed by atoms with Crippen LogP contribution in [-0.2, 0) is 6.54 Å². The normalized spacial score (nSPS) is 22.6. The molecule has 27 heavy (non-hydrogen) atoms. The summed E-state index contributed by atoms with van der Waals surface area (Å²) in [6.45, 7) is 4.86. The van der Waals surface area contributed by atoms with Gasteiger partial charge in [0.25, 0.3) is 0 Å². The van der Waals surface area contributed by atoms with Crippen molar-refractivity contribution in [3.63, 3.8) is 0 Å². The van der Waals surface area contributed by atoms with E-state index in [1.54, 1.807) is 0 Å². The summed E-state index contributed by atoms with van der Waals surface area (Å²) < 4.78 is 0. The van der Waals surface area contributed by atoms with Crippen LogP contribution >= 0.6 is 0 Å². The van der Waals surface area contributed by atoms with E-state index < -0.39 is 0 Å². The van der Waals surface area contributed by atoms with E-state index in [1.165, 1.54) is 24.8 Å². The number of fused-ring (bicyclic) bond motifs is 1. The molecule has 4 rings (SSSR count). The zero-order valence-corrected chi connectivity index (χ0v) is 16.1. The summed E-state index contributed by atoms with van der Waals surface area (Å²) >= 11 is 0. The molecule has 138 valence electrons. The highest BCUT2D eigenvalue weighted by atomic mass is 14.7. The SMILES string of the molecule is Cc1cnc2c(c1)C(C)C(C1CCC1)CC(c1ccc(CN)cn1)=C2C#N. The van der Waals surface area contributed by atoms with E-state index in [0.717, 1.165) is 40.4 Å². The minimum absolute atomic E-state index is 0.391. The fraction of sp³-hybridized carbons (Fsp3) is 0.435. The Morgan fingerprint density at radius 1 is 1.22 bits per heavy atom. The van der Waals surface area contributed by atoms with Crippen LogP contribution in [0.5, 0.6) is 0 Å². The maximum Gasteiger partial charge on any atom is 0.102 e. The lowest BCUT2D eigenvalue weighted by Crippen LogP contribution is -2.26. The minimum atomic E-state index is 0.391. The van der Waals surface area contributed by atoms with Gasteiger partial charge in [-0.3, -0.25) is 9.97 Å². The number of allylic oxidation sites excluding steroid dienone is 2. The third-order valence-corrected chi connectivity index (χ3v) is 6.40. The van der Waals surface area contributed by atoms with Crippen LogP contribution < -0.4 is 5.73 Å². The Morgan fingerprint density at radius 3 is 2.63 bits per heavy atom. The maximum atomic E-state index is 10.1. The lowest BCUT2D eigenvalue weighted by molar-refractivity contribution is 0.186. The van der Waals surface area contributed by atoms with Crippen molar-refractivity contribution < 1.29 is 0 Å². The summed E-state index contributed by atoms with van der Waals surface area (Å²) in [4.78, 5) is 9.35. The first-order valence-corrected chi connectivity index (χ1v) is 9.88. The van der Waals surface area contributed by atoms with E-state index in [9.17, 15) is 5.26 Å². The second-order valence-electron chi connectivity index (χ2n) is 8.02. The zero-order chi connectivity index (χ0) is 19.0. The summed E-state index contributed by atoms with van der Waals surface area (Å²) in [7, 11) is 0. The monoisotopic (exact) mass is 358 g/mol.